The summed E-state index contributed by atoms with van der Waals surface area (Å²) in [4.78, 5) is 19.5. The summed E-state index contributed by atoms with van der Waals surface area (Å²) in [5, 5.41) is 17.2. The molecule has 1 aromatic carbocycles. The lowest BCUT2D eigenvalue weighted by molar-refractivity contribution is -0.131. The van der Waals surface area contributed by atoms with Crippen LogP contribution < -0.4 is 5.30 Å². The van der Waals surface area contributed by atoms with E-state index >= 15 is 0 Å². The van der Waals surface area contributed by atoms with Gasteiger partial charge < -0.3 is 15.1 Å². The maximum Gasteiger partial charge on any atom is 0.328 e. The first-order valence-corrected chi connectivity index (χ1v) is 6.24. The molecule has 3 N–H and O–H groups in total. The molecule has 1 aromatic rings. The Balaban J connectivity index is 2.92. The zero-order chi connectivity index (χ0) is 12.2. The number of aliphatic carboxylic acids is 1. The van der Waals surface area contributed by atoms with Gasteiger partial charge in [0.25, 0.3) is 7.37 Å². The van der Waals surface area contributed by atoms with Crippen LogP contribution in [-0.4, -0.2) is 27.4 Å². The molecule has 0 spiro atoms. The molecule has 0 aliphatic rings. The van der Waals surface area contributed by atoms with Gasteiger partial charge in [-0.1, -0.05) is 12.1 Å². The van der Waals surface area contributed by atoms with Crippen LogP contribution in [0.25, 0.3) is 6.08 Å². The lowest BCUT2D eigenvalue weighted by atomic mass is 10.2. The summed E-state index contributed by atoms with van der Waals surface area (Å²) in [5.74, 6) is -1.06. The molecule has 0 bridgehead atoms. The Kier molecular flexibility index (Phi) is 4.01. The third kappa shape index (κ3) is 3.31. The van der Waals surface area contributed by atoms with Crippen LogP contribution in [0.5, 0.6) is 0 Å². The normalized spacial score (nSPS) is 14.9. The van der Waals surface area contributed by atoms with Crippen molar-refractivity contribution in [3.8, 4) is 0 Å². The first-order chi connectivity index (χ1) is 7.45. The van der Waals surface area contributed by atoms with Gasteiger partial charge in [-0.15, -0.1) is 0 Å². The Labute approximate surface area is 92.1 Å². The Morgan fingerprint density at radius 2 is 1.88 bits per heavy atom. The van der Waals surface area contributed by atoms with E-state index in [1.54, 1.807) is 0 Å². The average Bonchev–Trinajstić information content (AvgIpc) is 2.27. The Morgan fingerprint density at radius 1 is 1.31 bits per heavy atom. The van der Waals surface area contributed by atoms with Crippen LogP contribution in [0, 0.1) is 0 Å². The molecule has 0 aliphatic heterocycles. The van der Waals surface area contributed by atoms with Crippen molar-refractivity contribution in [2.45, 2.75) is 0 Å². The third-order valence-corrected chi connectivity index (χ3v) is 3.40. The number of hydrogen-bond acceptors (Lipinski definition) is 3. The molecule has 1 unspecified atom stereocenters. The largest absolute Gasteiger partial charge is 0.478 e. The Bertz CT molecular complexity index is 449. The van der Waals surface area contributed by atoms with Gasteiger partial charge in [0, 0.05) is 11.4 Å². The topological polar surface area (TPSA) is 94.8 Å². The maximum atomic E-state index is 11.4. The highest BCUT2D eigenvalue weighted by Crippen LogP contribution is 2.37. The van der Waals surface area contributed by atoms with E-state index in [1.165, 1.54) is 30.3 Å². The fourth-order valence-corrected chi connectivity index (χ4v) is 1.85. The number of carboxylic acid groups (broad SMARTS) is 1. The summed E-state index contributed by atoms with van der Waals surface area (Å²) in [6, 6.07) is 5.79. The molecule has 0 aromatic heterocycles. The van der Waals surface area contributed by atoms with Crippen molar-refractivity contribution in [1.29, 1.82) is 0 Å². The van der Waals surface area contributed by atoms with E-state index in [9.17, 15) is 14.3 Å². The van der Waals surface area contributed by atoms with Crippen LogP contribution >= 0.6 is 7.37 Å². The van der Waals surface area contributed by atoms with Gasteiger partial charge in [-0.2, -0.15) is 0 Å². The van der Waals surface area contributed by atoms with E-state index in [2.05, 4.69) is 0 Å². The molecule has 0 radical (unpaired) electrons. The van der Waals surface area contributed by atoms with Gasteiger partial charge in [0.1, 0.15) is 6.35 Å². The number of carbonyl (C=O) groups is 1. The highest BCUT2D eigenvalue weighted by Gasteiger charge is 2.18. The third-order valence-electron chi connectivity index (χ3n) is 1.91. The molecule has 5 nitrogen and oxygen atoms in total. The predicted molar refractivity (Wildman–Crippen MR) is 59.7 cm³/mol. The van der Waals surface area contributed by atoms with Crippen molar-refractivity contribution >= 4 is 24.7 Å². The summed E-state index contributed by atoms with van der Waals surface area (Å²) in [7, 11) is -3.67. The minimum Gasteiger partial charge on any atom is -0.478 e. The van der Waals surface area contributed by atoms with E-state index in [1.807, 2.05) is 0 Å². The molecular weight excluding hydrogens is 231 g/mol. The number of aliphatic hydroxyl groups excluding tert-OH is 1. The Hall–Kier alpha value is -1.42. The number of carboxylic acids is 1. The van der Waals surface area contributed by atoms with Gasteiger partial charge in [-0.25, -0.2) is 4.79 Å². The second kappa shape index (κ2) is 5.07. The molecule has 6 heteroatoms. The zero-order valence-electron chi connectivity index (χ0n) is 8.28. The van der Waals surface area contributed by atoms with Crippen molar-refractivity contribution < 1.29 is 24.5 Å². The number of rotatable bonds is 4. The quantitative estimate of drug-likeness (QED) is 0.531. The first kappa shape index (κ1) is 12.6. The van der Waals surface area contributed by atoms with Crippen LogP contribution in [0.4, 0.5) is 0 Å². The average molecular weight is 242 g/mol. The highest BCUT2D eigenvalue weighted by molar-refractivity contribution is 7.65. The molecule has 1 atom stereocenters. The van der Waals surface area contributed by atoms with E-state index in [0.29, 0.717) is 5.56 Å². The number of aliphatic hydroxyl groups is 1. The maximum absolute atomic E-state index is 11.4. The van der Waals surface area contributed by atoms with Gasteiger partial charge in [0.05, 0.1) is 0 Å². The van der Waals surface area contributed by atoms with Gasteiger partial charge in [-0.3, -0.25) is 4.57 Å². The number of benzene rings is 1. The standard InChI is InChI=1S/C10H11O5P/c11-7-16(14,15)9-4-1-8(2-5-9)3-6-10(12)13/h1-6,11H,7H2,(H,12,13)(H,14,15)/b6-3+. The molecule has 0 saturated carbocycles. The van der Waals surface area contributed by atoms with Gasteiger partial charge >= 0.3 is 5.97 Å². The van der Waals surface area contributed by atoms with Crippen LogP contribution in [0.2, 0.25) is 0 Å². The van der Waals surface area contributed by atoms with Crippen molar-refractivity contribution in [3.05, 3.63) is 35.9 Å². The fourth-order valence-electron chi connectivity index (χ4n) is 1.07. The van der Waals surface area contributed by atoms with E-state index < -0.39 is 19.7 Å². The summed E-state index contributed by atoms with van der Waals surface area (Å²) in [5.41, 5.74) is 0.601. The van der Waals surface area contributed by atoms with Crippen LogP contribution in [0.3, 0.4) is 0 Å². The van der Waals surface area contributed by atoms with Crippen molar-refractivity contribution in [2.75, 3.05) is 6.35 Å². The predicted octanol–water partition coefficient (Wildman–Crippen LogP) is 0.630. The summed E-state index contributed by atoms with van der Waals surface area (Å²) >= 11 is 0. The molecule has 0 saturated heterocycles. The molecule has 0 aliphatic carbocycles. The minimum atomic E-state index is -3.67. The van der Waals surface area contributed by atoms with Gasteiger partial charge in [-0.05, 0) is 23.8 Å². The lowest BCUT2D eigenvalue weighted by Gasteiger charge is -2.07. The second-order valence-corrected chi connectivity index (χ2v) is 5.31. The van der Waals surface area contributed by atoms with E-state index in [0.717, 1.165) is 6.08 Å². The summed E-state index contributed by atoms with van der Waals surface area (Å²) in [6.07, 6.45) is 1.53. The highest BCUT2D eigenvalue weighted by atomic mass is 31.2. The lowest BCUT2D eigenvalue weighted by Crippen LogP contribution is -2.06. The fraction of sp³-hybridized carbons (Fsp3) is 0.100. The monoisotopic (exact) mass is 242 g/mol. The molecule has 0 heterocycles. The SMILES string of the molecule is O=C(O)/C=C/c1ccc(P(=O)(O)CO)cc1. The zero-order valence-corrected chi connectivity index (χ0v) is 9.17. The van der Waals surface area contributed by atoms with Gasteiger partial charge in [0.15, 0.2) is 0 Å². The van der Waals surface area contributed by atoms with Crippen molar-refractivity contribution in [1.82, 2.24) is 0 Å². The van der Waals surface area contributed by atoms with Crippen LogP contribution in [0.1, 0.15) is 5.56 Å². The molecule has 16 heavy (non-hydrogen) atoms. The van der Waals surface area contributed by atoms with E-state index in [4.69, 9.17) is 10.2 Å². The minimum absolute atomic E-state index is 0.141. The molecular formula is C10H11O5P. The summed E-state index contributed by atoms with van der Waals surface area (Å²) < 4.78 is 11.4. The van der Waals surface area contributed by atoms with E-state index in [-0.39, 0.29) is 5.30 Å². The smallest absolute Gasteiger partial charge is 0.328 e. The molecule has 86 valence electrons. The van der Waals surface area contributed by atoms with Gasteiger partial charge in [0.2, 0.25) is 0 Å². The first-order valence-electron chi connectivity index (χ1n) is 4.40. The second-order valence-electron chi connectivity index (χ2n) is 3.11. The number of hydrogen-bond donors (Lipinski definition) is 3. The van der Waals surface area contributed by atoms with Crippen molar-refractivity contribution in [3.63, 3.8) is 0 Å². The van der Waals surface area contributed by atoms with Crippen LogP contribution in [0.15, 0.2) is 30.3 Å². The molecule has 1 rings (SSSR count). The van der Waals surface area contributed by atoms with Crippen molar-refractivity contribution in [2.24, 2.45) is 0 Å². The van der Waals surface area contributed by atoms with Crippen LogP contribution in [-0.2, 0) is 9.36 Å². The summed E-state index contributed by atoms with van der Waals surface area (Å²) in [6.45, 7) is 0. The molecule has 0 amide bonds. The Morgan fingerprint density at radius 3 is 2.31 bits per heavy atom. The molecule has 0 fully saturated rings.